The van der Waals surface area contributed by atoms with Crippen LogP contribution in [0.5, 0.6) is 0 Å². The number of amides is 2. The molecule has 0 saturated heterocycles. The second kappa shape index (κ2) is 11.9. The van der Waals surface area contributed by atoms with Gasteiger partial charge in [0.25, 0.3) is 31.9 Å². The van der Waals surface area contributed by atoms with Gasteiger partial charge in [0, 0.05) is 9.79 Å². The van der Waals surface area contributed by atoms with E-state index < -0.39 is 31.9 Å². The number of hydrogen-bond donors (Lipinski definition) is 2. The van der Waals surface area contributed by atoms with Gasteiger partial charge < -0.3 is 0 Å². The molecule has 0 unspecified atom stereocenters. The standard InChI is InChI=1S/C26H20N2O6S4/c29-25(27-37(31,32)19-11-3-1-4-12-19)21-15-7-9-17-23(21)35-36-24-18-10-8-16-22(24)26(30)28-38(33,34)20-13-5-2-6-14-20/h1-18H,(H,27,29)(H,28,30). The van der Waals surface area contributed by atoms with Crippen LogP contribution >= 0.6 is 21.6 Å². The molecule has 0 heterocycles. The Labute approximate surface area is 228 Å². The lowest BCUT2D eigenvalue weighted by Crippen LogP contribution is -2.31. The van der Waals surface area contributed by atoms with Gasteiger partial charge in [0.2, 0.25) is 0 Å². The Morgan fingerprint density at radius 1 is 0.474 bits per heavy atom. The molecule has 0 atom stereocenters. The monoisotopic (exact) mass is 584 g/mol. The molecule has 4 rings (SSSR count). The summed E-state index contributed by atoms with van der Waals surface area (Å²) in [6, 6.07) is 27.9. The summed E-state index contributed by atoms with van der Waals surface area (Å²) >= 11 is 0. The van der Waals surface area contributed by atoms with Crippen LogP contribution in [0.15, 0.2) is 129 Å². The average molecular weight is 585 g/mol. The first-order valence-electron chi connectivity index (χ1n) is 10.9. The molecule has 0 bridgehead atoms. The van der Waals surface area contributed by atoms with Crippen LogP contribution in [-0.2, 0) is 20.0 Å². The van der Waals surface area contributed by atoms with Gasteiger partial charge in [-0.05, 0) is 48.5 Å². The van der Waals surface area contributed by atoms with Gasteiger partial charge in [0.15, 0.2) is 0 Å². The molecule has 0 aliphatic carbocycles. The highest BCUT2D eigenvalue weighted by atomic mass is 33.1. The number of nitrogens with one attached hydrogen (secondary N) is 2. The molecule has 38 heavy (non-hydrogen) atoms. The summed E-state index contributed by atoms with van der Waals surface area (Å²) in [6.45, 7) is 0. The van der Waals surface area contributed by atoms with Crippen molar-refractivity contribution in [3.63, 3.8) is 0 Å². The lowest BCUT2D eigenvalue weighted by atomic mass is 10.2. The van der Waals surface area contributed by atoms with Crippen molar-refractivity contribution in [3.05, 3.63) is 120 Å². The van der Waals surface area contributed by atoms with E-state index in [2.05, 4.69) is 9.44 Å². The number of carbonyl (C=O) groups is 2. The fourth-order valence-electron chi connectivity index (χ4n) is 3.21. The summed E-state index contributed by atoms with van der Waals surface area (Å²) in [7, 11) is -5.89. The van der Waals surface area contributed by atoms with E-state index in [0.29, 0.717) is 9.79 Å². The summed E-state index contributed by atoms with van der Waals surface area (Å²) in [6.07, 6.45) is 0. The smallest absolute Gasteiger partial charge is 0.266 e. The van der Waals surface area contributed by atoms with Crippen LogP contribution in [0.1, 0.15) is 20.7 Å². The van der Waals surface area contributed by atoms with Crippen molar-refractivity contribution in [3.8, 4) is 0 Å². The van der Waals surface area contributed by atoms with Gasteiger partial charge in [-0.1, -0.05) is 82.3 Å². The van der Waals surface area contributed by atoms with Crippen LogP contribution in [0.4, 0.5) is 0 Å². The van der Waals surface area contributed by atoms with Crippen molar-refractivity contribution < 1.29 is 26.4 Å². The molecule has 194 valence electrons. The molecular weight excluding hydrogens is 565 g/mol. The summed E-state index contributed by atoms with van der Waals surface area (Å²) in [4.78, 5) is 26.6. The first-order chi connectivity index (χ1) is 18.2. The van der Waals surface area contributed by atoms with E-state index in [1.807, 2.05) is 0 Å². The third kappa shape index (κ3) is 6.64. The largest absolute Gasteiger partial charge is 0.268 e. The maximum absolute atomic E-state index is 12.9. The molecule has 4 aromatic rings. The average Bonchev–Trinajstić information content (AvgIpc) is 2.92. The van der Waals surface area contributed by atoms with Crippen molar-refractivity contribution in [2.45, 2.75) is 19.6 Å². The maximum Gasteiger partial charge on any atom is 0.266 e. The van der Waals surface area contributed by atoms with Gasteiger partial charge in [-0.3, -0.25) is 9.59 Å². The van der Waals surface area contributed by atoms with Crippen LogP contribution in [-0.4, -0.2) is 28.6 Å². The highest BCUT2D eigenvalue weighted by molar-refractivity contribution is 8.76. The third-order valence-electron chi connectivity index (χ3n) is 5.05. The van der Waals surface area contributed by atoms with Crippen LogP contribution < -0.4 is 9.44 Å². The molecule has 0 aliphatic rings. The number of hydrogen-bond acceptors (Lipinski definition) is 8. The second-order valence-electron chi connectivity index (χ2n) is 7.65. The number of rotatable bonds is 9. The highest BCUT2D eigenvalue weighted by Crippen LogP contribution is 2.40. The van der Waals surface area contributed by atoms with E-state index in [1.54, 1.807) is 72.8 Å². The van der Waals surface area contributed by atoms with Crippen molar-refractivity contribution in [1.29, 1.82) is 0 Å². The minimum atomic E-state index is -4.08. The molecule has 0 saturated carbocycles. The van der Waals surface area contributed by atoms with Crippen molar-refractivity contribution in [2.75, 3.05) is 0 Å². The zero-order valence-corrected chi connectivity index (χ0v) is 22.7. The Kier molecular flexibility index (Phi) is 8.57. The van der Waals surface area contributed by atoms with Gasteiger partial charge in [-0.2, -0.15) is 0 Å². The molecule has 8 nitrogen and oxygen atoms in total. The molecule has 0 radical (unpaired) electrons. The zero-order valence-electron chi connectivity index (χ0n) is 19.5. The van der Waals surface area contributed by atoms with Gasteiger partial charge >= 0.3 is 0 Å². The predicted octanol–water partition coefficient (Wildman–Crippen LogP) is 4.72. The SMILES string of the molecule is O=C(NS(=O)(=O)c1ccccc1)c1ccccc1SSc1ccccc1C(=O)NS(=O)(=O)c1ccccc1. The second-order valence-corrected chi connectivity index (χ2v) is 13.2. The fourth-order valence-corrected chi connectivity index (χ4v) is 7.55. The topological polar surface area (TPSA) is 126 Å². The van der Waals surface area contributed by atoms with Crippen molar-refractivity contribution in [2.24, 2.45) is 0 Å². The summed E-state index contributed by atoms with van der Waals surface area (Å²) in [5.74, 6) is -1.62. The predicted molar refractivity (Wildman–Crippen MR) is 147 cm³/mol. The Balaban J connectivity index is 1.51. The summed E-state index contributed by atoms with van der Waals surface area (Å²) in [5, 5.41) is 0. The van der Waals surface area contributed by atoms with E-state index in [9.17, 15) is 26.4 Å². The molecular formula is C26H20N2O6S4. The minimum absolute atomic E-state index is 0.0433. The zero-order chi connectivity index (χ0) is 27.2. The quantitative estimate of drug-likeness (QED) is 0.271. The molecule has 12 heteroatoms. The molecule has 0 aromatic heterocycles. The van der Waals surface area contributed by atoms with E-state index in [-0.39, 0.29) is 20.9 Å². The number of sulfonamides is 2. The summed E-state index contributed by atoms with van der Waals surface area (Å²) < 4.78 is 54.6. The van der Waals surface area contributed by atoms with Gasteiger partial charge in [-0.25, -0.2) is 26.3 Å². The van der Waals surface area contributed by atoms with Gasteiger partial charge in [0.05, 0.1) is 20.9 Å². The van der Waals surface area contributed by atoms with Crippen LogP contribution in [0, 0.1) is 0 Å². The Morgan fingerprint density at radius 3 is 1.16 bits per heavy atom. The molecule has 4 aromatic carbocycles. The number of benzene rings is 4. The highest BCUT2D eigenvalue weighted by Gasteiger charge is 2.23. The van der Waals surface area contributed by atoms with E-state index >= 15 is 0 Å². The normalized spacial score (nSPS) is 11.5. The van der Waals surface area contributed by atoms with E-state index in [1.165, 1.54) is 36.4 Å². The van der Waals surface area contributed by atoms with E-state index in [4.69, 9.17) is 0 Å². The molecule has 2 N–H and O–H groups in total. The molecule has 0 aliphatic heterocycles. The Morgan fingerprint density at radius 2 is 0.789 bits per heavy atom. The fraction of sp³-hybridized carbons (Fsp3) is 0. The first-order valence-corrected chi connectivity index (χ1v) is 16.1. The Bertz CT molecular complexity index is 1550. The van der Waals surface area contributed by atoms with E-state index in [0.717, 1.165) is 21.6 Å². The lowest BCUT2D eigenvalue weighted by molar-refractivity contribution is 0.0969. The van der Waals surface area contributed by atoms with Gasteiger partial charge in [-0.15, -0.1) is 0 Å². The first kappa shape index (κ1) is 27.5. The number of carbonyl (C=O) groups excluding carboxylic acids is 2. The molecule has 2 amide bonds. The van der Waals surface area contributed by atoms with Gasteiger partial charge in [0.1, 0.15) is 0 Å². The van der Waals surface area contributed by atoms with Crippen molar-refractivity contribution in [1.82, 2.24) is 9.44 Å². The minimum Gasteiger partial charge on any atom is -0.268 e. The summed E-state index contributed by atoms with van der Waals surface area (Å²) in [5.41, 5.74) is 0.246. The van der Waals surface area contributed by atoms with Crippen LogP contribution in [0.2, 0.25) is 0 Å². The maximum atomic E-state index is 12.9. The van der Waals surface area contributed by atoms with Crippen molar-refractivity contribution >= 4 is 53.4 Å². The van der Waals surface area contributed by atoms with Crippen LogP contribution in [0.3, 0.4) is 0 Å². The van der Waals surface area contributed by atoms with Crippen LogP contribution in [0.25, 0.3) is 0 Å². The third-order valence-corrected chi connectivity index (χ3v) is 10.2. The molecule has 0 spiro atoms. The Hall–Kier alpha value is -3.58. The lowest BCUT2D eigenvalue weighted by Gasteiger charge is -2.12. The molecule has 0 fully saturated rings.